The molecule has 2 fully saturated rings. The molecule has 0 aromatic carbocycles. The fraction of sp³-hybridized carbons (Fsp3) is 0.846. The van der Waals surface area contributed by atoms with Gasteiger partial charge < -0.3 is 4.74 Å². The van der Waals surface area contributed by atoms with Gasteiger partial charge in [-0.25, -0.2) is 0 Å². The van der Waals surface area contributed by atoms with Crippen LogP contribution in [-0.4, -0.2) is 14.2 Å². The summed E-state index contributed by atoms with van der Waals surface area (Å²) in [5, 5.41) is 0. The predicted octanol–water partition coefficient (Wildman–Crippen LogP) is 3.80. The maximum absolute atomic E-state index is 4.25. The van der Waals surface area contributed by atoms with Gasteiger partial charge in [-0.15, -0.1) is 0 Å². The van der Waals surface area contributed by atoms with E-state index >= 15 is 0 Å². The summed E-state index contributed by atoms with van der Waals surface area (Å²) in [4.78, 5) is 0. The Hall–Kier alpha value is -0.300. The molecule has 14 heavy (non-hydrogen) atoms. The molecular weight excluding hydrogens is 172 g/mol. The topological polar surface area (TPSA) is 9.23 Å². The number of rotatable bonds is 1. The predicted molar refractivity (Wildman–Crippen MR) is 61.4 cm³/mol. The number of hydrogen-bond acceptors (Lipinski definition) is 1. The maximum atomic E-state index is 4.25. The van der Waals surface area contributed by atoms with Gasteiger partial charge in [-0.2, -0.15) is 0 Å². The number of ether oxygens (including phenoxy) is 1. The summed E-state index contributed by atoms with van der Waals surface area (Å²) in [6.07, 6.45) is 11.2. The Labute approximate surface area is 88.5 Å². The zero-order valence-corrected chi connectivity index (χ0v) is 9.88. The fourth-order valence-electron chi connectivity index (χ4n) is 2.02. The van der Waals surface area contributed by atoms with Crippen LogP contribution in [0.4, 0.5) is 0 Å². The molecule has 0 aromatic rings. The van der Waals surface area contributed by atoms with E-state index in [9.17, 15) is 0 Å². The highest BCUT2D eigenvalue weighted by molar-refractivity contribution is 5.17. The second-order valence-corrected chi connectivity index (χ2v) is 4.75. The molecule has 0 saturated heterocycles. The van der Waals surface area contributed by atoms with Crippen LogP contribution in [0.5, 0.6) is 0 Å². The number of hydrogen-bond donors (Lipinski definition) is 0. The van der Waals surface area contributed by atoms with Gasteiger partial charge in [0, 0.05) is 14.2 Å². The third-order valence-corrected chi connectivity index (χ3v) is 3.07. The molecule has 0 spiro atoms. The SMILES string of the molecule is CC1CCC(C=C2CC2)CC1.COC. The van der Waals surface area contributed by atoms with Gasteiger partial charge in [0.1, 0.15) is 0 Å². The van der Waals surface area contributed by atoms with Crippen LogP contribution >= 0.6 is 0 Å². The van der Waals surface area contributed by atoms with Gasteiger partial charge >= 0.3 is 0 Å². The van der Waals surface area contributed by atoms with Crippen LogP contribution in [0, 0.1) is 11.8 Å². The van der Waals surface area contributed by atoms with E-state index in [4.69, 9.17) is 0 Å². The van der Waals surface area contributed by atoms with Crippen LogP contribution in [-0.2, 0) is 4.74 Å². The zero-order valence-electron chi connectivity index (χ0n) is 9.88. The second kappa shape index (κ2) is 6.23. The van der Waals surface area contributed by atoms with Crippen molar-refractivity contribution in [1.29, 1.82) is 0 Å². The summed E-state index contributed by atoms with van der Waals surface area (Å²) in [6.45, 7) is 2.39. The highest BCUT2D eigenvalue weighted by Gasteiger charge is 2.19. The molecule has 0 aliphatic heterocycles. The summed E-state index contributed by atoms with van der Waals surface area (Å²) in [7, 11) is 3.25. The minimum absolute atomic E-state index is 0.962. The van der Waals surface area contributed by atoms with E-state index < -0.39 is 0 Å². The summed E-state index contributed by atoms with van der Waals surface area (Å²) in [6, 6.07) is 0. The Morgan fingerprint density at radius 3 is 2.00 bits per heavy atom. The summed E-state index contributed by atoms with van der Waals surface area (Å²) < 4.78 is 4.25. The van der Waals surface area contributed by atoms with Crippen molar-refractivity contribution < 1.29 is 4.74 Å². The molecule has 0 heterocycles. The molecule has 2 rings (SSSR count). The van der Waals surface area contributed by atoms with Crippen molar-refractivity contribution in [2.75, 3.05) is 14.2 Å². The molecule has 0 unspecified atom stereocenters. The standard InChI is InChI=1S/C11H18.C2H6O/c1-9-2-4-10(5-3-9)8-11-6-7-11;1-3-2/h8-10H,2-7H2,1H3;1-2H3. The third kappa shape index (κ3) is 4.80. The van der Waals surface area contributed by atoms with Crippen LogP contribution in [0.1, 0.15) is 45.4 Å². The van der Waals surface area contributed by atoms with Crippen LogP contribution < -0.4 is 0 Å². The molecule has 1 heteroatoms. The minimum atomic E-state index is 0.962. The molecule has 2 aliphatic rings. The molecule has 0 aromatic heterocycles. The number of allylic oxidation sites excluding steroid dienone is 2. The smallest absolute Gasteiger partial charge is 0.0351 e. The molecule has 82 valence electrons. The number of methoxy groups -OCH3 is 1. The highest BCUT2D eigenvalue weighted by Crippen LogP contribution is 2.35. The lowest BCUT2D eigenvalue weighted by atomic mass is 9.83. The first-order valence-electron chi connectivity index (χ1n) is 5.86. The average molecular weight is 196 g/mol. The quantitative estimate of drug-likeness (QED) is 0.580. The largest absolute Gasteiger partial charge is 0.388 e. The van der Waals surface area contributed by atoms with E-state index in [2.05, 4.69) is 17.7 Å². The first-order valence-corrected chi connectivity index (χ1v) is 5.86. The first kappa shape index (κ1) is 11.8. The molecule has 0 N–H and O–H groups in total. The zero-order chi connectivity index (χ0) is 10.4. The van der Waals surface area contributed by atoms with Crippen molar-refractivity contribution in [2.45, 2.75) is 45.4 Å². The molecule has 0 amide bonds. The Morgan fingerprint density at radius 1 is 1.07 bits per heavy atom. The lowest BCUT2D eigenvalue weighted by Gasteiger charge is -2.23. The summed E-state index contributed by atoms with van der Waals surface area (Å²) >= 11 is 0. The van der Waals surface area contributed by atoms with E-state index in [0.717, 1.165) is 11.8 Å². The van der Waals surface area contributed by atoms with Crippen molar-refractivity contribution in [3.63, 3.8) is 0 Å². The molecule has 2 aliphatic carbocycles. The lowest BCUT2D eigenvalue weighted by Crippen LogP contribution is -2.09. The molecule has 0 radical (unpaired) electrons. The molecule has 2 saturated carbocycles. The van der Waals surface area contributed by atoms with E-state index in [1.807, 2.05) is 0 Å². The molecule has 0 atom stereocenters. The Balaban J connectivity index is 0.000000293. The van der Waals surface area contributed by atoms with Crippen LogP contribution in [0.15, 0.2) is 11.6 Å². The third-order valence-electron chi connectivity index (χ3n) is 3.07. The maximum Gasteiger partial charge on any atom is 0.0351 e. The average Bonchev–Trinajstić information content (AvgIpc) is 2.94. The lowest BCUT2D eigenvalue weighted by molar-refractivity contribution is 0.277. The van der Waals surface area contributed by atoms with Gasteiger partial charge in [-0.05, 0) is 37.5 Å². The monoisotopic (exact) mass is 196 g/mol. The van der Waals surface area contributed by atoms with Gasteiger partial charge in [0.25, 0.3) is 0 Å². The minimum Gasteiger partial charge on any atom is -0.388 e. The van der Waals surface area contributed by atoms with Crippen molar-refractivity contribution in [3.8, 4) is 0 Å². The van der Waals surface area contributed by atoms with Crippen molar-refractivity contribution in [3.05, 3.63) is 11.6 Å². The molecule has 0 bridgehead atoms. The van der Waals surface area contributed by atoms with E-state index in [1.165, 1.54) is 38.5 Å². The van der Waals surface area contributed by atoms with Crippen molar-refractivity contribution in [1.82, 2.24) is 0 Å². The van der Waals surface area contributed by atoms with Gasteiger partial charge in [-0.3, -0.25) is 0 Å². The second-order valence-electron chi connectivity index (χ2n) is 4.75. The fourth-order valence-corrected chi connectivity index (χ4v) is 2.02. The summed E-state index contributed by atoms with van der Waals surface area (Å²) in [5.41, 5.74) is 1.74. The van der Waals surface area contributed by atoms with Crippen LogP contribution in [0.3, 0.4) is 0 Å². The summed E-state index contributed by atoms with van der Waals surface area (Å²) in [5.74, 6) is 1.97. The van der Waals surface area contributed by atoms with Crippen molar-refractivity contribution >= 4 is 0 Å². The Bertz CT molecular complexity index is 170. The van der Waals surface area contributed by atoms with Crippen molar-refractivity contribution in [2.24, 2.45) is 11.8 Å². The Kier molecular flexibility index (Phi) is 5.24. The molecular formula is C13H24O. The molecule has 1 nitrogen and oxygen atoms in total. The Morgan fingerprint density at radius 2 is 1.57 bits per heavy atom. The first-order chi connectivity index (χ1) is 6.76. The van der Waals surface area contributed by atoms with Crippen LogP contribution in [0.2, 0.25) is 0 Å². The van der Waals surface area contributed by atoms with E-state index in [-0.39, 0.29) is 0 Å². The van der Waals surface area contributed by atoms with Gasteiger partial charge in [0.2, 0.25) is 0 Å². The van der Waals surface area contributed by atoms with E-state index in [1.54, 1.807) is 19.8 Å². The van der Waals surface area contributed by atoms with Gasteiger partial charge in [0.05, 0.1) is 0 Å². The van der Waals surface area contributed by atoms with Gasteiger partial charge in [0.15, 0.2) is 0 Å². The highest BCUT2D eigenvalue weighted by atomic mass is 16.4. The normalized spacial score (nSPS) is 30.4. The van der Waals surface area contributed by atoms with Crippen LogP contribution in [0.25, 0.3) is 0 Å². The van der Waals surface area contributed by atoms with Gasteiger partial charge in [-0.1, -0.05) is 31.4 Å². The van der Waals surface area contributed by atoms with E-state index in [0.29, 0.717) is 0 Å².